The Morgan fingerprint density at radius 3 is 2.38 bits per heavy atom. The SMILES string of the molecule is CC(NC(=O)C(=O)N(C)c1ccc(O)cc1)c1ccc2c(c1)CCCC2. The highest BCUT2D eigenvalue weighted by molar-refractivity contribution is 6.40. The summed E-state index contributed by atoms with van der Waals surface area (Å²) in [6.07, 6.45) is 4.63. The lowest BCUT2D eigenvalue weighted by atomic mass is 9.89. The van der Waals surface area contributed by atoms with Crippen molar-refractivity contribution >= 4 is 17.5 Å². The van der Waals surface area contributed by atoms with Crippen molar-refractivity contribution in [1.82, 2.24) is 5.32 Å². The molecule has 0 saturated carbocycles. The average Bonchev–Trinajstić information content (AvgIpc) is 2.67. The van der Waals surface area contributed by atoms with Crippen LogP contribution in [-0.2, 0) is 22.4 Å². The van der Waals surface area contributed by atoms with Crippen molar-refractivity contribution in [2.24, 2.45) is 0 Å². The zero-order chi connectivity index (χ0) is 18.7. The molecular weight excluding hydrogens is 328 g/mol. The number of benzene rings is 2. The van der Waals surface area contributed by atoms with Crippen LogP contribution in [0.15, 0.2) is 42.5 Å². The molecule has 1 unspecified atom stereocenters. The van der Waals surface area contributed by atoms with Gasteiger partial charge in [0.1, 0.15) is 5.75 Å². The summed E-state index contributed by atoms with van der Waals surface area (Å²) in [5, 5.41) is 12.1. The summed E-state index contributed by atoms with van der Waals surface area (Å²) in [6, 6.07) is 12.2. The number of likely N-dealkylation sites (N-methyl/N-ethyl adjacent to an activating group) is 1. The van der Waals surface area contributed by atoms with E-state index < -0.39 is 11.8 Å². The van der Waals surface area contributed by atoms with Gasteiger partial charge in [-0.1, -0.05) is 18.2 Å². The molecule has 0 fully saturated rings. The van der Waals surface area contributed by atoms with Crippen LogP contribution in [0.1, 0.15) is 42.5 Å². The quantitative estimate of drug-likeness (QED) is 0.834. The largest absolute Gasteiger partial charge is 0.508 e. The number of carbonyl (C=O) groups excluding carboxylic acids is 2. The normalized spacial score (nSPS) is 14.2. The molecule has 0 saturated heterocycles. The minimum absolute atomic E-state index is 0.111. The minimum Gasteiger partial charge on any atom is -0.508 e. The van der Waals surface area contributed by atoms with Gasteiger partial charge in [0.15, 0.2) is 0 Å². The van der Waals surface area contributed by atoms with Crippen LogP contribution in [0, 0.1) is 0 Å². The molecule has 26 heavy (non-hydrogen) atoms. The van der Waals surface area contributed by atoms with E-state index in [2.05, 4.69) is 17.4 Å². The van der Waals surface area contributed by atoms with E-state index in [1.54, 1.807) is 12.1 Å². The number of nitrogens with zero attached hydrogens (tertiary/aromatic N) is 1. The molecule has 2 aromatic rings. The highest BCUT2D eigenvalue weighted by Crippen LogP contribution is 2.25. The van der Waals surface area contributed by atoms with Crippen LogP contribution >= 0.6 is 0 Å². The van der Waals surface area contributed by atoms with Crippen molar-refractivity contribution in [1.29, 1.82) is 0 Å². The van der Waals surface area contributed by atoms with E-state index in [1.165, 1.54) is 48.0 Å². The van der Waals surface area contributed by atoms with E-state index in [9.17, 15) is 14.7 Å². The van der Waals surface area contributed by atoms with Gasteiger partial charge in [0.25, 0.3) is 0 Å². The van der Waals surface area contributed by atoms with Crippen molar-refractivity contribution < 1.29 is 14.7 Å². The molecule has 1 aliphatic rings. The summed E-state index contributed by atoms with van der Waals surface area (Å²) in [5.74, 6) is -1.17. The van der Waals surface area contributed by atoms with Crippen LogP contribution in [-0.4, -0.2) is 24.0 Å². The Morgan fingerprint density at radius 2 is 1.69 bits per heavy atom. The van der Waals surface area contributed by atoms with E-state index in [4.69, 9.17) is 0 Å². The Labute approximate surface area is 153 Å². The molecule has 1 atom stereocenters. The molecule has 0 aromatic heterocycles. The number of nitrogens with one attached hydrogen (secondary N) is 1. The fraction of sp³-hybridized carbons (Fsp3) is 0.333. The summed E-state index contributed by atoms with van der Waals surface area (Å²) in [7, 11) is 1.54. The number of phenolic OH excluding ortho intramolecular Hbond substituents is 1. The fourth-order valence-corrected chi connectivity index (χ4v) is 3.31. The van der Waals surface area contributed by atoms with Gasteiger partial charge in [0.05, 0.1) is 6.04 Å². The zero-order valence-electron chi connectivity index (χ0n) is 15.2. The average molecular weight is 352 g/mol. The van der Waals surface area contributed by atoms with Crippen LogP contribution in [0.5, 0.6) is 5.75 Å². The lowest BCUT2D eigenvalue weighted by molar-refractivity contribution is -0.137. The number of amides is 2. The topological polar surface area (TPSA) is 69.6 Å². The first-order valence-electron chi connectivity index (χ1n) is 8.95. The molecule has 0 aliphatic heterocycles. The Morgan fingerprint density at radius 1 is 1.04 bits per heavy atom. The van der Waals surface area contributed by atoms with E-state index in [0.29, 0.717) is 5.69 Å². The molecule has 0 bridgehead atoms. The molecule has 136 valence electrons. The van der Waals surface area contributed by atoms with Gasteiger partial charge in [0.2, 0.25) is 0 Å². The molecule has 3 rings (SSSR count). The van der Waals surface area contributed by atoms with Crippen molar-refractivity contribution in [2.75, 3.05) is 11.9 Å². The number of rotatable bonds is 3. The Hall–Kier alpha value is -2.82. The van der Waals surface area contributed by atoms with Gasteiger partial charge in [-0.15, -0.1) is 0 Å². The Bertz CT molecular complexity index is 815. The first-order valence-corrected chi connectivity index (χ1v) is 8.95. The van der Waals surface area contributed by atoms with Crippen molar-refractivity contribution in [3.8, 4) is 5.75 Å². The molecule has 0 spiro atoms. The first-order chi connectivity index (χ1) is 12.5. The maximum atomic E-state index is 12.4. The van der Waals surface area contributed by atoms with Gasteiger partial charge < -0.3 is 15.3 Å². The molecule has 1 aliphatic carbocycles. The second-order valence-corrected chi connectivity index (χ2v) is 6.81. The highest BCUT2D eigenvalue weighted by atomic mass is 16.3. The summed E-state index contributed by atoms with van der Waals surface area (Å²) < 4.78 is 0. The molecule has 0 radical (unpaired) electrons. The second kappa shape index (κ2) is 7.60. The molecule has 0 heterocycles. The van der Waals surface area contributed by atoms with Gasteiger partial charge in [-0.25, -0.2) is 0 Å². The Balaban J connectivity index is 1.66. The summed E-state index contributed by atoms with van der Waals surface area (Å²) in [4.78, 5) is 26.0. The molecule has 2 amide bonds. The van der Waals surface area contributed by atoms with E-state index in [-0.39, 0.29) is 11.8 Å². The van der Waals surface area contributed by atoms with Gasteiger partial charge >= 0.3 is 11.8 Å². The minimum atomic E-state index is -0.647. The van der Waals surface area contributed by atoms with E-state index >= 15 is 0 Å². The van der Waals surface area contributed by atoms with Crippen molar-refractivity contribution in [2.45, 2.75) is 38.6 Å². The molecule has 2 aromatic carbocycles. The third kappa shape index (κ3) is 3.87. The number of aromatic hydroxyl groups is 1. The van der Waals surface area contributed by atoms with Gasteiger partial charge in [0, 0.05) is 12.7 Å². The zero-order valence-corrected chi connectivity index (χ0v) is 15.2. The van der Waals surface area contributed by atoms with Gasteiger partial charge in [-0.3, -0.25) is 9.59 Å². The van der Waals surface area contributed by atoms with Crippen LogP contribution in [0.3, 0.4) is 0 Å². The van der Waals surface area contributed by atoms with Gasteiger partial charge in [-0.05, 0) is 73.6 Å². The van der Waals surface area contributed by atoms with Crippen LogP contribution in [0.4, 0.5) is 5.69 Å². The number of fused-ring (bicyclic) bond motifs is 1. The number of hydrogen-bond acceptors (Lipinski definition) is 3. The smallest absolute Gasteiger partial charge is 0.316 e. The summed E-state index contributed by atoms with van der Waals surface area (Å²) in [6.45, 7) is 1.89. The number of phenols is 1. The predicted octanol–water partition coefficient (Wildman–Crippen LogP) is 3.11. The summed E-state index contributed by atoms with van der Waals surface area (Å²) >= 11 is 0. The highest BCUT2D eigenvalue weighted by Gasteiger charge is 2.22. The molecule has 5 nitrogen and oxygen atoms in total. The van der Waals surface area contributed by atoms with E-state index in [0.717, 1.165) is 18.4 Å². The predicted molar refractivity (Wildman–Crippen MR) is 101 cm³/mol. The number of aryl methyl sites for hydroxylation is 2. The number of anilines is 1. The second-order valence-electron chi connectivity index (χ2n) is 6.81. The number of carbonyl (C=O) groups is 2. The van der Waals surface area contributed by atoms with E-state index in [1.807, 2.05) is 13.0 Å². The summed E-state index contributed by atoms with van der Waals surface area (Å²) in [5.41, 5.74) is 4.30. The standard InChI is InChI=1S/C21H24N2O3/c1-14(16-8-7-15-5-3-4-6-17(15)13-16)22-20(25)21(26)23(2)18-9-11-19(24)12-10-18/h7-14,24H,3-6H2,1-2H3,(H,22,25). The molecule has 2 N–H and O–H groups in total. The first kappa shape index (κ1) is 18.0. The third-order valence-corrected chi connectivity index (χ3v) is 4.96. The van der Waals surface area contributed by atoms with Crippen LogP contribution < -0.4 is 10.2 Å². The van der Waals surface area contributed by atoms with Crippen molar-refractivity contribution in [3.05, 3.63) is 59.2 Å². The molecular formula is C21H24N2O3. The number of hydrogen-bond donors (Lipinski definition) is 2. The lowest BCUT2D eigenvalue weighted by Gasteiger charge is -2.21. The van der Waals surface area contributed by atoms with Crippen LogP contribution in [0.25, 0.3) is 0 Å². The van der Waals surface area contributed by atoms with Crippen LogP contribution in [0.2, 0.25) is 0 Å². The maximum absolute atomic E-state index is 12.4. The maximum Gasteiger partial charge on any atom is 0.316 e. The Kier molecular flexibility index (Phi) is 5.26. The lowest BCUT2D eigenvalue weighted by Crippen LogP contribution is -2.42. The monoisotopic (exact) mass is 352 g/mol. The molecule has 5 heteroatoms. The fourth-order valence-electron chi connectivity index (χ4n) is 3.31. The third-order valence-electron chi connectivity index (χ3n) is 4.96. The van der Waals surface area contributed by atoms with Gasteiger partial charge in [-0.2, -0.15) is 0 Å². The van der Waals surface area contributed by atoms with Crippen molar-refractivity contribution in [3.63, 3.8) is 0 Å².